The Balaban J connectivity index is 2.86. The van der Waals surface area contributed by atoms with E-state index in [4.69, 9.17) is 52.1 Å². The van der Waals surface area contributed by atoms with Crippen LogP contribution in [0, 0.1) is 13.8 Å². The van der Waals surface area contributed by atoms with Gasteiger partial charge in [-0.25, -0.2) is 4.79 Å². The quantitative estimate of drug-likeness (QED) is 0.700. The van der Waals surface area contributed by atoms with Crippen molar-refractivity contribution in [2.75, 3.05) is 0 Å². The summed E-state index contributed by atoms with van der Waals surface area (Å²) in [5, 5.41) is 0. The first-order valence-electron chi connectivity index (χ1n) is 7.08. The predicted molar refractivity (Wildman–Crippen MR) is 107 cm³/mol. The van der Waals surface area contributed by atoms with Crippen molar-refractivity contribution in [3.05, 3.63) is 61.9 Å². The van der Waals surface area contributed by atoms with Crippen molar-refractivity contribution < 1.29 is 4.79 Å². The fourth-order valence-electron chi connectivity index (χ4n) is 2.29. The molecule has 140 valence electrons. The highest BCUT2D eigenvalue weighted by Gasteiger charge is 2.36. The molecule has 0 aliphatic heterocycles. The number of primary amides is 1. The zero-order valence-electron chi connectivity index (χ0n) is 13.5. The first-order valence-corrected chi connectivity index (χ1v) is 9.48. The molecule has 1 aromatic carbocycles. The number of nitrogens with zero attached hydrogens (tertiary/aromatic N) is 2. The normalized spacial score (nSPS) is 11.8. The summed E-state index contributed by atoms with van der Waals surface area (Å²) in [7, 11) is 0. The fourth-order valence-corrected chi connectivity index (χ4v) is 3.61. The highest BCUT2D eigenvalue weighted by Crippen LogP contribution is 2.42. The van der Waals surface area contributed by atoms with Crippen LogP contribution in [-0.2, 0) is 0 Å². The number of hydrogen-bond acceptors (Lipinski definition) is 4. The zero-order chi connectivity index (χ0) is 19.8. The van der Waals surface area contributed by atoms with Gasteiger partial charge in [-0.2, -0.15) is 3.97 Å². The number of carbonyl (C=O) groups excluding carboxylic acids is 1. The monoisotopic (exact) mass is 455 g/mol. The molecule has 2 rings (SSSR count). The summed E-state index contributed by atoms with van der Waals surface area (Å²) in [4.78, 5) is 35.8. The molecule has 11 heteroatoms. The van der Waals surface area contributed by atoms with Crippen LogP contribution in [0.4, 0.5) is 0 Å². The molecular formula is C15H13Cl4N3O3S. The Morgan fingerprint density at radius 2 is 1.73 bits per heavy atom. The Hall–Kier alpha value is -1.12. The van der Waals surface area contributed by atoms with E-state index in [0.717, 1.165) is 21.9 Å². The summed E-state index contributed by atoms with van der Waals surface area (Å²) < 4.78 is -0.162. The smallest absolute Gasteiger partial charge is 0.346 e. The second kappa shape index (κ2) is 7.86. The highest BCUT2D eigenvalue weighted by molar-refractivity contribution is 8.02. The molecule has 0 saturated heterocycles. The van der Waals surface area contributed by atoms with E-state index >= 15 is 0 Å². The van der Waals surface area contributed by atoms with Crippen molar-refractivity contribution in [1.29, 1.82) is 0 Å². The third kappa shape index (κ3) is 4.07. The van der Waals surface area contributed by atoms with E-state index in [9.17, 15) is 14.4 Å². The summed E-state index contributed by atoms with van der Waals surface area (Å²) in [5.41, 5.74) is 5.10. The molecule has 6 nitrogen and oxygen atoms in total. The summed E-state index contributed by atoms with van der Waals surface area (Å²) in [6, 6.07) is 5.37. The van der Waals surface area contributed by atoms with Gasteiger partial charge >= 0.3 is 5.69 Å². The van der Waals surface area contributed by atoms with Crippen LogP contribution in [0.2, 0.25) is 0 Å². The maximum absolute atomic E-state index is 12.9. The summed E-state index contributed by atoms with van der Waals surface area (Å²) in [6.45, 7) is 3.56. The molecular weight excluding hydrogens is 444 g/mol. The van der Waals surface area contributed by atoms with E-state index < -0.39 is 31.2 Å². The molecule has 0 aliphatic carbocycles. The number of nitrogens with two attached hydrogens (primary N) is 1. The van der Waals surface area contributed by atoms with Crippen LogP contribution in [0.3, 0.4) is 0 Å². The molecule has 1 heterocycles. The van der Waals surface area contributed by atoms with Gasteiger partial charge in [0.15, 0.2) is 4.84 Å². The van der Waals surface area contributed by atoms with Gasteiger partial charge in [-0.3, -0.25) is 14.2 Å². The fraction of sp³-hybridized carbons (Fsp3) is 0.267. The van der Waals surface area contributed by atoms with Crippen molar-refractivity contribution in [2.45, 2.75) is 22.3 Å². The largest absolute Gasteiger partial charge is 0.365 e. The molecule has 2 aromatic rings. The zero-order valence-corrected chi connectivity index (χ0v) is 17.3. The Morgan fingerprint density at radius 1 is 1.19 bits per heavy atom. The number of hydrogen-bond donors (Lipinski definition) is 1. The first kappa shape index (κ1) is 21.2. The maximum Gasteiger partial charge on any atom is 0.346 e. The van der Waals surface area contributed by atoms with E-state index in [1.807, 2.05) is 6.07 Å². The number of halogens is 4. The van der Waals surface area contributed by atoms with Crippen LogP contribution in [-0.4, -0.2) is 22.9 Å². The molecule has 0 aliphatic rings. The van der Waals surface area contributed by atoms with E-state index in [1.54, 1.807) is 26.0 Å². The summed E-state index contributed by atoms with van der Waals surface area (Å²) >= 11 is 23.8. The average molecular weight is 457 g/mol. The molecule has 0 radical (unpaired) electrons. The number of alkyl halides is 4. The van der Waals surface area contributed by atoms with Crippen LogP contribution < -0.4 is 17.0 Å². The van der Waals surface area contributed by atoms with Crippen LogP contribution in [0.15, 0.2) is 34.0 Å². The lowest BCUT2D eigenvalue weighted by Crippen LogP contribution is -2.42. The van der Waals surface area contributed by atoms with E-state index in [0.29, 0.717) is 21.6 Å². The van der Waals surface area contributed by atoms with Crippen molar-refractivity contribution >= 4 is 64.3 Å². The highest BCUT2D eigenvalue weighted by atomic mass is 35.5. The van der Waals surface area contributed by atoms with Gasteiger partial charge in [0.1, 0.15) is 5.56 Å². The molecule has 0 bridgehead atoms. The Bertz CT molecular complexity index is 965. The average Bonchev–Trinajstić information content (AvgIpc) is 2.52. The molecule has 26 heavy (non-hydrogen) atoms. The van der Waals surface area contributed by atoms with E-state index in [2.05, 4.69) is 0 Å². The lowest BCUT2D eigenvalue weighted by molar-refractivity contribution is 0.0998. The number of carbonyl (C=O) groups is 1. The van der Waals surface area contributed by atoms with Crippen LogP contribution in [0.1, 0.15) is 21.5 Å². The number of aromatic nitrogens is 2. The van der Waals surface area contributed by atoms with Gasteiger partial charge < -0.3 is 5.73 Å². The molecule has 0 unspecified atom stereocenters. The van der Waals surface area contributed by atoms with Gasteiger partial charge in [0.2, 0.25) is 3.67 Å². The number of para-hydroxylation sites is 1. The minimum absolute atomic E-state index is 0.389. The van der Waals surface area contributed by atoms with Crippen molar-refractivity contribution in [3.63, 3.8) is 0 Å². The van der Waals surface area contributed by atoms with Crippen molar-refractivity contribution in [3.8, 4) is 5.69 Å². The molecule has 1 aromatic heterocycles. The molecule has 0 fully saturated rings. The van der Waals surface area contributed by atoms with E-state index in [1.165, 1.54) is 0 Å². The van der Waals surface area contributed by atoms with Gasteiger partial charge in [-0.15, -0.1) is 23.2 Å². The topological polar surface area (TPSA) is 87.1 Å². The van der Waals surface area contributed by atoms with Crippen LogP contribution in [0.25, 0.3) is 5.69 Å². The second-order valence-corrected chi connectivity index (χ2v) is 9.48. The molecule has 1 amide bonds. The molecule has 0 spiro atoms. The SMILES string of the molecule is Cc1cccc(C)c1-n1cc(C(N)=O)c(=O)n(SC(Cl)(Cl)C(Cl)Cl)c1=O. The van der Waals surface area contributed by atoms with Gasteiger partial charge in [0.25, 0.3) is 11.5 Å². The van der Waals surface area contributed by atoms with Crippen LogP contribution in [0.5, 0.6) is 0 Å². The van der Waals surface area contributed by atoms with Crippen molar-refractivity contribution in [2.24, 2.45) is 5.73 Å². The minimum Gasteiger partial charge on any atom is -0.365 e. The number of amides is 1. The number of benzene rings is 1. The minimum atomic E-state index is -1.92. The lowest BCUT2D eigenvalue weighted by Gasteiger charge is -2.21. The third-order valence-corrected chi connectivity index (χ3v) is 6.66. The summed E-state index contributed by atoms with van der Waals surface area (Å²) in [5.74, 6) is -1.01. The number of aryl methyl sites for hydroxylation is 2. The Morgan fingerprint density at radius 3 is 2.19 bits per heavy atom. The molecule has 2 N–H and O–H groups in total. The van der Waals surface area contributed by atoms with Gasteiger partial charge in [0.05, 0.1) is 5.69 Å². The first-order chi connectivity index (χ1) is 12.0. The molecule has 0 saturated carbocycles. The second-order valence-electron chi connectivity index (χ2n) is 5.35. The summed E-state index contributed by atoms with van der Waals surface area (Å²) in [6.07, 6.45) is 1.10. The van der Waals surface area contributed by atoms with Crippen molar-refractivity contribution in [1.82, 2.24) is 8.54 Å². The Kier molecular flexibility index (Phi) is 6.40. The standard InChI is InChI=1S/C15H13Cl4N3O3S/c1-7-4-3-5-8(2)10(7)21-6-9(11(20)23)12(24)22(14(21)25)26-15(18,19)13(16)17/h3-6,13H,1-2H3,(H2,20,23). The van der Waals surface area contributed by atoms with Gasteiger partial charge in [-0.05, 0) is 25.0 Å². The van der Waals surface area contributed by atoms with E-state index in [-0.39, 0.29) is 0 Å². The maximum atomic E-state index is 12.9. The predicted octanol–water partition coefficient (Wildman–Crippen LogP) is 3.15. The Labute approximate surface area is 172 Å². The lowest BCUT2D eigenvalue weighted by atomic mass is 10.1. The van der Waals surface area contributed by atoms with Crippen LogP contribution >= 0.6 is 58.4 Å². The van der Waals surface area contributed by atoms with Gasteiger partial charge in [0, 0.05) is 18.1 Å². The molecule has 0 atom stereocenters. The number of rotatable bonds is 5. The van der Waals surface area contributed by atoms with Gasteiger partial charge in [-0.1, -0.05) is 41.4 Å². The third-order valence-electron chi connectivity index (χ3n) is 3.47.